The Kier molecular flexibility index (Phi) is 6.08. The second kappa shape index (κ2) is 8.49. The number of thiophene rings is 1. The number of amides is 1. The van der Waals surface area contributed by atoms with Crippen LogP contribution in [0.5, 0.6) is 0 Å². The number of Topliss-reactive ketones (excluding diaryl/α,β-unsaturated/α-hetero) is 1. The lowest BCUT2D eigenvalue weighted by atomic mass is 10.0. The standard InChI is InChI=1S/C19H20N4O2S2/c1-12-5-6-14(10-13(12)2)15(24)11-27-19-22-21-18(16-4-3-9-26-16)23(19)8-7-17(20)25/h3-6,9-10H,7-8,11H2,1-2H3,(H2,20,25). The van der Waals surface area contributed by atoms with Gasteiger partial charge in [0.1, 0.15) is 0 Å². The molecule has 0 fully saturated rings. The number of carbonyl (C=O) groups is 2. The highest BCUT2D eigenvalue weighted by molar-refractivity contribution is 7.99. The fourth-order valence-electron chi connectivity index (χ4n) is 2.54. The van der Waals surface area contributed by atoms with Crippen molar-refractivity contribution in [1.82, 2.24) is 14.8 Å². The molecule has 2 N–H and O–H groups in total. The highest BCUT2D eigenvalue weighted by atomic mass is 32.2. The third-order valence-corrected chi connectivity index (χ3v) is 6.03. The van der Waals surface area contributed by atoms with E-state index in [4.69, 9.17) is 5.73 Å². The molecular weight excluding hydrogens is 380 g/mol. The van der Waals surface area contributed by atoms with Crippen molar-refractivity contribution in [2.75, 3.05) is 5.75 Å². The lowest BCUT2D eigenvalue weighted by Crippen LogP contribution is -2.15. The zero-order valence-corrected chi connectivity index (χ0v) is 16.8. The number of nitrogens with two attached hydrogens (primary N) is 1. The van der Waals surface area contributed by atoms with Gasteiger partial charge in [-0.3, -0.25) is 9.59 Å². The quantitative estimate of drug-likeness (QED) is 0.462. The number of ketones is 1. The monoisotopic (exact) mass is 400 g/mol. The number of thioether (sulfide) groups is 1. The van der Waals surface area contributed by atoms with Gasteiger partial charge in [-0.05, 0) is 42.5 Å². The van der Waals surface area contributed by atoms with Crippen LogP contribution < -0.4 is 5.73 Å². The second-order valence-electron chi connectivity index (χ2n) is 6.16. The van der Waals surface area contributed by atoms with Gasteiger partial charge in [0.2, 0.25) is 5.91 Å². The summed E-state index contributed by atoms with van der Waals surface area (Å²) in [7, 11) is 0. The summed E-state index contributed by atoms with van der Waals surface area (Å²) in [6.07, 6.45) is 0.190. The number of aromatic nitrogens is 3. The Bertz CT molecular complexity index is 964. The average molecular weight is 401 g/mol. The molecule has 0 aliphatic rings. The summed E-state index contributed by atoms with van der Waals surface area (Å²) in [5.41, 5.74) is 8.24. The topological polar surface area (TPSA) is 90.9 Å². The predicted molar refractivity (Wildman–Crippen MR) is 108 cm³/mol. The number of nitrogens with zero attached hydrogens (tertiary/aromatic N) is 3. The van der Waals surface area contributed by atoms with Gasteiger partial charge in [-0.25, -0.2) is 0 Å². The maximum absolute atomic E-state index is 12.5. The van der Waals surface area contributed by atoms with E-state index >= 15 is 0 Å². The van der Waals surface area contributed by atoms with Gasteiger partial charge in [0.15, 0.2) is 16.8 Å². The third kappa shape index (κ3) is 4.64. The molecule has 1 amide bonds. The van der Waals surface area contributed by atoms with E-state index in [1.54, 1.807) is 11.3 Å². The zero-order chi connectivity index (χ0) is 19.4. The van der Waals surface area contributed by atoms with Gasteiger partial charge < -0.3 is 10.3 Å². The highest BCUT2D eigenvalue weighted by Crippen LogP contribution is 2.28. The van der Waals surface area contributed by atoms with Crippen molar-refractivity contribution in [2.45, 2.75) is 32.0 Å². The van der Waals surface area contributed by atoms with Crippen molar-refractivity contribution in [2.24, 2.45) is 5.73 Å². The third-order valence-electron chi connectivity index (χ3n) is 4.20. The summed E-state index contributed by atoms with van der Waals surface area (Å²) in [6, 6.07) is 9.60. The molecule has 27 heavy (non-hydrogen) atoms. The molecule has 2 aromatic heterocycles. The SMILES string of the molecule is Cc1ccc(C(=O)CSc2nnc(-c3cccs3)n2CCC(N)=O)cc1C. The molecule has 8 heteroatoms. The Morgan fingerprint density at radius 3 is 2.67 bits per heavy atom. The molecule has 2 heterocycles. The number of aryl methyl sites for hydroxylation is 2. The maximum atomic E-state index is 12.5. The number of carbonyl (C=O) groups excluding carboxylic acids is 2. The van der Waals surface area contributed by atoms with E-state index in [0.29, 0.717) is 23.1 Å². The summed E-state index contributed by atoms with van der Waals surface area (Å²) in [4.78, 5) is 24.7. The van der Waals surface area contributed by atoms with E-state index < -0.39 is 0 Å². The Morgan fingerprint density at radius 1 is 1.19 bits per heavy atom. The molecule has 0 unspecified atom stereocenters. The van der Waals surface area contributed by atoms with Crippen LogP contribution in [-0.4, -0.2) is 32.2 Å². The van der Waals surface area contributed by atoms with Crippen LogP contribution in [-0.2, 0) is 11.3 Å². The molecule has 0 saturated heterocycles. The summed E-state index contributed by atoms with van der Waals surface area (Å²) >= 11 is 2.87. The molecule has 0 aliphatic carbocycles. The van der Waals surface area contributed by atoms with Gasteiger partial charge in [0.25, 0.3) is 0 Å². The molecule has 3 aromatic rings. The summed E-state index contributed by atoms with van der Waals surface area (Å²) < 4.78 is 1.86. The largest absolute Gasteiger partial charge is 0.370 e. The van der Waals surface area contributed by atoms with Gasteiger partial charge in [0.05, 0.1) is 10.6 Å². The van der Waals surface area contributed by atoms with Crippen LogP contribution in [0.25, 0.3) is 10.7 Å². The number of hydrogen-bond donors (Lipinski definition) is 1. The minimum atomic E-state index is -0.386. The van der Waals surface area contributed by atoms with Crippen LogP contribution in [0.2, 0.25) is 0 Å². The van der Waals surface area contributed by atoms with Gasteiger partial charge >= 0.3 is 0 Å². The van der Waals surface area contributed by atoms with Crippen LogP contribution in [0, 0.1) is 13.8 Å². The van der Waals surface area contributed by atoms with E-state index in [0.717, 1.165) is 16.0 Å². The van der Waals surface area contributed by atoms with Gasteiger partial charge in [-0.15, -0.1) is 21.5 Å². The van der Waals surface area contributed by atoms with Crippen molar-refractivity contribution in [3.05, 3.63) is 52.4 Å². The first-order valence-electron chi connectivity index (χ1n) is 8.44. The normalized spacial score (nSPS) is 10.9. The van der Waals surface area contributed by atoms with E-state index in [-0.39, 0.29) is 23.9 Å². The number of benzene rings is 1. The van der Waals surface area contributed by atoms with E-state index in [9.17, 15) is 9.59 Å². The fraction of sp³-hybridized carbons (Fsp3) is 0.263. The van der Waals surface area contributed by atoms with Crippen molar-refractivity contribution in [1.29, 1.82) is 0 Å². The smallest absolute Gasteiger partial charge is 0.219 e. The second-order valence-corrected chi connectivity index (χ2v) is 8.05. The first kappa shape index (κ1) is 19.3. The molecule has 3 rings (SSSR count). The average Bonchev–Trinajstić information content (AvgIpc) is 3.29. The van der Waals surface area contributed by atoms with Crippen molar-refractivity contribution in [3.63, 3.8) is 0 Å². The van der Waals surface area contributed by atoms with Crippen molar-refractivity contribution >= 4 is 34.8 Å². The number of rotatable bonds is 8. The van der Waals surface area contributed by atoms with Crippen molar-refractivity contribution < 1.29 is 9.59 Å². The van der Waals surface area contributed by atoms with E-state index in [1.165, 1.54) is 11.8 Å². The predicted octanol–water partition coefficient (Wildman–Crippen LogP) is 3.47. The van der Waals surface area contributed by atoms with E-state index in [2.05, 4.69) is 10.2 Å². The fourth-order valence-corrected chi connectivity index (χ4v) is 4.11. The molecule has 0 aliphatic heterocycles. The zero-order valence-electron chi connectivity index (χ0n) is 15.1. The molecule has 0 atom stereocenters. The number of hydrogen-bond acceptors (Lipinski definition) is 6. The lowest BCUT2D eigenvalue weighted by molar-refractivity contribution is -0.118. The van der Waals surface area contributed by atoms with Crippen LogP contribution in [0.3, 0.4) is 0 Å². The van der Waals surface area contributed by atoms with Gasteiger partial charge in [-0.2, -0.15) is 0 Å². The summed E-state index contributed by atoms with van der Waals surface area (Å²) in [5.74, 6) is 0.586. The Labute approximate surface area is 165 Å². The van der Waals surface area contributed by atoms with Gasteiger partial charge in [-0.1, -0.05) is 30.0 Å². The minimum absolute atomic E-state index is 0.0326. The lowest BCUT2D eigenvalue weighted by Gasteiger charge is -2.08. The van der Waals surface area contributed by atoms with Crippen LogP contribution >= 0.6 is 23.1 Å². The molecule has 0 spiro atoms. The van der Waals surface area contributed by atoms with Crippen LogP contribution in [0.1, 0.15) is 27.9 Å². The first-order chi connectivity index (χ1) is 13.0. The van der Waals surface area contributed by atoms with Crippen LogP contribution in [0.4, 0.5) is 0 Å². The summed E-state index contributed by atoms with van der Waals surface area (Å²) in [5, 5.41) is 11.0. The van der Waals surface area contributed by atoms with Gasteiger partial charge in [0, 0.05) is 18.5 Å². The number of primary amides is 1. The molecule has 6 nitrogen and oxygen atoms in total. The Hall–Kier alpha value is -2.45. The van der Waals surface area contributed by atoms with E-state index in [1.807, 2.05) is 54.1 Å². The molecule has 1 aromatic carbocycles. The highest BCUT2D eigenvalue weighted by Gasteiger charge is 2.17. The maximum Gasteiger partial charge on any atom is 0.219 e. The molecule has 0 bridgehead atoms. The Morgan fingerprint density at radius 2 is 2.00 bits per heavy atom. The van der Waals surface area contributed by atoms with Crippen LogP contribution in [0.15, 0.2) is 40.9 Å². The molecule has 140 valence electrons. The minimum Gasteiger partial charge on any atom is -0.370 e. The molecule has 0 saturated carbocycles. The summed E-state index contributed by atoms with van der Waals surface area (Å²) in [6.45, 7) is 4.40. The molecular formula is C19H20N4O2S2. The van der Waals surface area contributed by atoms with Crippen molar-refractivity contribution in [3.8, 4) is 10.7 Å². The Balaban J connectivity index is 1.78. The first-order valence-corrected chi connectivity index (χ1v) is 10.3. The molecule has 0 radical (unpaired) electrons.